The second kappa shape index (κ2) is 8.39. The van der Waals surface area contributed by atoms with Crippen molar-refractivity contribution in [1.82, 2.24) is 4.90 Å². The second-order valence-electron chi connectivity index (χ2n) is 5.85. The Morgan fingerprint density at radius 3 is 2.44 bits per heavy atom. The number of hydrogen-bond acceptors (Lipinski definition) is 6. The molecule has 1 heterocycles. The van der Waals surface area contributed by atoms with Crippen molar-refractivity contribution in [1.29, 1.82) is 0 Å². The van der Waals surface area contributed by atoms with Crippen LogP contribution in [0, 0.1) is 10.1 Å². The Morgan fingerprint density at radius 2 is 1.88 bits per heavy atom. The first-order valence-corrected chi connectivity index (χ1v) is 7.87. The summed E-state index contributed by atoms with van der Waals surface area (Å²) in [6, 6.07) is 5.72. The molecular formula is C17H20N2O6. The lowest BCUT2D eigenvalue weighted by Gasteiger charge is -2.35. The molecule has 2 rings (SSSR count). The molecule has 0 bridgehead atoms. The Kier molecular flexibility index (Phi) is 6.24. The standard InChI is InChI=1S/C17H20N2O6/c1-12-9-18(10-13(2)25-12)16(20)11-24-17(21)8-5-14-3-6-15(7-4-14)19(22)23/h3-8,12-13H,9-11H2,1-2H3/b8-5+/t12-,13+. The third-order valence-electron chi connectivity index (χ3n) is 3.63. The van der Waals surface area contributed by atoms with E-state index in [-0.39, 0.29) is 30.4 Å². The molecule has 134 valence electrons. The predicted octanol–water partition coefficient (Wildman–Crippen LogP) is 1.79. The van der Waals surface area contributed by atoms with Gasteiger partial charge in [0.05, 0.1) is 17.1 Å². The van der Waals surface area contributed by atoms with Crippen molar-refractivity contribution in [2.24, 2.45) is 0 Å². The van der Waals surface area contributed by atoms with Crippen molar-refractivity contribution in [3.63, 3.8) is 0 Å². The number of hydrogen-bond donors (Lipinski definition) is 0. The molecule has 1 aliphatic rings. The van der Waals surface area contributed by atoms with Crippen LogP contribution in [0.3, 0.4) is 0 Å². The van der Waals surface area contributed by atoms with Crippen LogP contribution >= 0.6 is 0 Å². The van der Waals surface area contributed by atoms with Gasteiger partial charge < -0.3 is 14.4 Å². The van der Waals surface area contributed by atoms with Crippen molar-refractivity contribution >= 4 is 23.6 Å². The van der Waals surface area contributed by atoms with Crippen LogP contribution in [-0.4, -0.2) is 53.6 Å². The monoisotopic (exact) mass is 348 g/mol. The molecule has 8 nitrogen and oxygen atoms in total. The lowest BCUT2D eigenvalue weighted by Crippen LogP contribution is -2.49. The molecule has 1 amide bonds. The van der Waals surface area contributed by atoms with Crippen LogP contribution in [0.2, 0.25) is 0 Å². The van der Waals surface area contributed by atoms with E-state index in [0.717, 1.165) is 0 Å². The fourth-order valence-electron chi connectivity index (χ4n) is 2.53. The van der Waals surface area contributed by atoms with Gasteiger partial charge in [0.25, 0.3) is 11.6 Å². The van der Waals surface area contributed by atoms with E-state index in [4.69, 9.17) is 9.47 Å². The number of nitro groups is 1. The number of carbonyl (C=O) groups excluding carboxylic acids is 2. The van der Waals surface area contributed by atoms with E-state index in [9.17, 15) is 19.7 Å². The Hall–Kier alpha value is -2.74. The average Bonchev–Trinajstić information content (AvgIpc) is 2.57. The molecule has 0 spiro atoms. The average molecular weight is 348 g/mol. The molecule has 0 aromatic heterocycles. The molecule has 0 saturated carbocycles. The van der Waals surface area contributed by atoms with Gasteiger partial charge in [-0.25, -0.2) is 4.79 Å². The van der Waals surface area contributed by atoms with Crippen LogP contribution < -0.4 is 0 Å². The van der Waals surface area contributed by atoms with E-state index in [1.54, 1.807) is 4.90 Å². The molecule has 1 aromatic carbocycles. The highest BCUT2D eigenvalue weighted by Crippen LogP contribution is 2.13. The maximum atomic E-state index is 12.1. The molecule has 0 aliphatic carbocycles. The van der Waals surface area contributed by atoms with Gasteiger partial charge in [-0.05, 0) is 37.6 Å². The minimum absolute atomic E-state index is 0.0284. The number of benzene rings is 1. The molecule has 1 saturated heterocycles. The van der Waals surface area contributed by atoms with Crippen LogP contribution in [0.25, 0.3) is 6.08 Å². The Labute approximate surface area is 145 Å². The SMILES string of the molecule is C[C@@H]1CN(C(=O)COC(=O)/C=C/c2ccc([N+](=O)[O-])cc2)C[C@H](C)O1. The summed E-state index contributed by atoms with van der Waals surface area (Å²) < 4.78 is 10.5. The number of carbonyl (C=O) groups is 2. The van der Waals surface area contributed by atoms with Crippen molar-refractivity contribution in [3.05, 3.63) is 46.0 Å². The van der Waals surface area contributed by atoms with E-state index in [1.165, 1.54) is 36.4 Å². The van der Waals surface area contributed by atoms with E-state index in [1.807, 2.05) is 13.8 Å². The zero-order chi connectivity index (χ0) is 18.4. The van der Waals surface area contributed by atoms with Crippen molar-refractivity contribution in [3.8, 4) is 0 Å². The van der Waals surface area contributed by atoms with Crippen LogP contribution in [0.5, 0.6) is 0 Å². The van der Waals surface area contributed by atoms with Crippen LogP contribution in [0.15, 0.2) is 30.3 Å². The normalized spacial score (nSPS) is 20.5. The smallest absolute Gasteiger partial charge is 0.331 e. The van der Waals surface area contributed by atoms with Gasteiger partial charge in [-0.2, -0.15) is 0 Å². The molecule has 25 heavy (non-hydrogen) atoms. The minimum atomic E-state index is -0.652. The summed E-state index contributed by atoms with van der Waals surface area (Å²) in [4.78, 5) is 35.5. The first-order valence-electron chi connectivity index (χ1n) is 7.87. The number of non-ortho nitro benzene ring substituents is 1. The van der Waals surface area contributed by atoms with Crippen molar-refractivity contribution in [2.75, 3.05) is 19.7 Å². The van der Waals surface area contributed by atoms with Gasteiger partial charge in [-0.15, -0.1) is 0 Å². The maximum Gasteiger partial charge on any atom is 0.331 e. The number of rotatable bonds is 5. The largest absolute Gasteiger partial charge is 0.452 e. The molecule has 2 atom stereocenters. The number of morpholine rings is 1. The molecule has 1 fully saturated rings. The summed E-state index contributed by atoms with van der Waals surface area (Å²) in [6.45, 7) is 4.38. The number of amides is 1. The summed E-state index contributed by atoms with van der Waals surface area (Å²) >= 11 is 0. The zero-order valence-electron chi connectivity index (χ0n) is 14.1. The first kappa shape index (κ1) is 18.6. The molecule has 0 N–H and O–H groups in total. The minimum Gasteiger partial charge on any atom is -0.452 e. The highest BCUT2D eigenvalue weighted by Gasteiger charge is 2.26. The van der Waals surface area contributed by atoms with Crippen molar-refractivity contribution < 1.29 is 24.0 Å². The third-order valence-corrected chi connectivity index (χ3v) is 3.63. The topological polar surface area (TPSA) is 99.0 Å². The zero-order valence-corrected chi connectivity index (χ0v) is 14.1. The summed E-state index contributed by atoms with van der Waals surface area (Å²) in [5, 5.41) is 10.6. The Morgan fingerprint density at radius 1 is 1.28 bits per heavy atom. The van der Waals surface area contributed by atoms with Gasteiger partial charge in [0.15, 0.2) is 6.61 Å². The van der Waals surface area contributed by atoms with Gasteiger partial charge in [0.2, 0.25) is 0 Å². The van der Waals surface area contributed by atoms with Gasteiger partial charge in [0.1, 0.15) is 0 Å². The maximum absolute atomic E-state index is 12.1. The second-order valence-corrected chi connectivity index (χ2v) is 5.85. The molecule has 0 unspecified atom stereocenters. The Balaban J connectivity index is 1.81. The number of ether oxygens (including phenoxy) is 2. The first-order chi connectivity index (χ1) is 11.8. The van der Waals surface area contributed by atoms with Gasteiger partial charge in [-0.1, -0.05) is 0 Å². The summed E-state index contributed by atoms with van der Waals surface area (Å²) in [7, 11) is 0. The van der Waals surface area contributed by atoms with E-state index in [2.05, 4.69) is 0 Å². The lowest BCUT2D eigenvalue weighted by atomic mass is 10.2. The number of nitrogens with zero attached hydrogens (tertiary/aromatic N) is 2. The number of esters is 1. The van der Waals surface area contributed by atoms with E-state index >= 15 is 0 Å². The quantitative estimate of drug-likeness (QED) is 0.348. The number of nitro benzene ring substituents is 1. The molecule has 1 aromatic rings. The van der Waals surface area contributed by atoms with Gasteiger partial charge in [-0.3, -0.25) is 14.9 Å². The van der Waals surface area contributed by atoms with Crippen LogP contribution in [0.4, 0.5) is 5.69 Å². The van der Waals surface area contributed by atoms with E-state index < -0.39 is 10.9 Å². The molecule has 0 radical (unpaired) electrons. The summed E-state index contributed by atoms with van der Waals surface area (Å²) in [6.07, 6.45) is 2.55. The molecule has 1 aliphatic heterocycles. The highest BCUT2D eigenvalue weighted by atomic mass is 16.6. The summed E-state index contributed by atoms with van der Waals surface area (Å²) in [5.74, 6) is -0.917. The molecule has 8 heteroatoms. The van der Waals surface area contributed by atoms with Gasteiger partial charge >= 0.3 is 5.97 Å². The van der Waals surface area contributed by atoms with Crippen LogP contribution in [0.1, 0.15) is 19.4 Å². The Bertz CT molecular complexity index is 660. The van der Waals surface area contributed by atoms with Crippen molar-refractivity contribution in [2.45, 2.75) is 26.1 Å². The van der Waals surface area contributed by atoms with Gasteiger partial charge in [0, 0.05) is 31.3 Å². The highest BCUT2D eigenvalue weighted by molar-refractivity contribution is 5.89. The fourth-order valence-corrected chi connectivity index (χ4v) is 2.53. The van der Waals surface area contributed by atoms with Crippen LogP contribution in [-0.2, 0) is 19.1 Å². The fraction of sp³-hybridized carbons (Fsp3) is 0.412. The third kappa shape index (κ3) is 5.68. The molecular weight excluding hydrogens is 328 g/mol. The van der Waals surface area contributed by atoms with E-state index in [0.29, 0.717) is 18.7 Å². The summed E-state index contributed by atoms with van der Waals surface area (Å²) in [5.41, 5.74) is 0.587. The lowest BCUT2D eigenvalue weighted by molar-refractivity contribution is -0.384. The predicted molar refractivity (Wildman–Crippen MR) is 89.7 cm³/mol.